The summed E-state index contributed by atoms with van der Waals surface area (Å²) < 4.78 is 31.8. The molecule has 0 spiro atoms. The van der Waals surface area contributed by atoms with E-state index in [4.69, 9.17) is 16.3 Å². The molecule has 0 bridgehead atoms. The van der Waals surface area contributed by atoms with Crippen molar-refractivity contribution in [2.24, 2.45) is 5.92 Å². The highest BCUT2D eigenvalue weighted by Crippen LogP contribution is 2.30. The predicted octanol–water partition coefficient (Wildman–Crippen LogP) is 8.42. The molecule has 26 heavy (non-hydrogen) atoms. The smallest absolute Gasteiger partial charge is 0.248 e. The van der Waals surface area contributed by atoms with E-state index in [-0.39, 0.29) is 18.8 Å². The van der Waals surface area contributed by atoms with Crippen LogP contribution in [0.5, 0.6) is 5.75 Å². The Hall–Kier alpha value is -1.09. The van der Waals surface area contributed by atoms with Crippen LogP contribution in [0.1, 0.15) is 79.1 Å². The van der Waals surface area contributed by atoms with Crippen LogP contribution in [0, 0.1) is 5.92 Å². The number of allylic oxidation sites excluding steroid dienone is 2. The monoisotopic (exact) mass is 386 g/mol. The number of halogens is 3. The van der Waals surface area contributed by atoms with Crippen LogP contribution in [0.15, 0.2) is 35.6 Å². The Labute approximate surface area is 162 Å². The van der Waals surface area contributed by atoms with Gasteiger partial charge in [0.2, 0.25) is 5.92 Å². The van der Waals surface area contributed by atoms with Crippen molar-refractivity contribution in [2.45, 2.75) is 85.0 Å². The fourth-order valence-electron chi connectivity index (χ4n) is 2.65. The van der Waals surface area contributed by atoms with E-state index in [0.717, 1.165) is 29.4 Å². The minimum absolute atomic E-state index is 0.0590. The Bertz CT molecular complexity index is 546. The van der Waals surface area contributed by atoms with Crippen LogP contribution in [0.25, 0.3) is 0 Å². The second-order valence-corrected chi connectivity index (χ2v) is 7.68. The highest BCUT2D eigenvalue weighted by Gasteiger charge is 2.29. The zero-order valence-electron chi connectivity index (χ0n) is 16.6. The minimum atomic E-state index is -2.43. The Kier molecular flexibility index (Phi) is 10.2. The average Bonchev–Trinajstić information content (AvgIpc) is 2.53. The Balaban J connectivity index is 0.000000265. The maximum atomic E-state index is 13.0. The Morgan fingerprint density at radius 3 is 2.27 bits per heavy atom. The standard InChI is InChI=1S/C12H13ClO.C10H20F2/c1-9(10-3-2-4-10)14-12-7-5-11(13)6-8-12;1-4-6-7-10(11,12)8-9(3)5-2/h5-8H,2-4H2,1H3;9H,4-8H2,1-3H3. The van der Waals surface area contributed by atoms with E-state index in [1.54, 1.807) is 0 Å². The molecule has 1 saturated carbocycles. The summed E-state index contributed by atoms with van der Waals surface area (Å²) in [7, 11) is 0. The molecule has 0 heterocycles. The normalized spacial score (nSPS) is 14.8. The molecule has 0 N–H and O–H groups in total. The highest BCUT2D eigenvalue weighted by atomic mass is 35.5. The van der Waals surface area contributed by atoms with Gasteiger partial charge in [0.25, 0.3) is 0 Å². The van der Waals surface area contributed by atoms with Gasteiger partial charge in [-0.2, -0.15) is 0 Å². The Morgan fingerprint density at radius 2 is 1.81 bits per heavy atom. The second kappa shape index (κ2) is 11.6. The predicted molar refractivity (Wildman–Crippen MR) is 107 cm³/mol. The molecule has 1 fully saturated rings. The van der Waals surface area contributed by atoms with Gasteiger partial charge >= 0.3 is 0 Å². The van der Waals surface area contributed by atoms with Gasteiger partial charge in [-0.15, -0.1) is 0 Å². The van der Waals surface area contributed by atoms with Crippen LogP contribution >= 0.6 is 11.6 Å². The summed E-state index contributed by atoms with van der Waals surface area (Å²) in [4.78, 5) is 0. The topological polar surface area (TPSA) is 9.23 Å². The van der Waals surface area contributed by atoms with Crippen LogP contribution in [0.3, 0.4) is 0 Å². The second-order valence-electron chi connectivity index (χ2n) is 7.25. The van der Waals surface area contributed by atoms with Crippen LogP contribution in [-0.4, -0.2) is 5.92 Å². The molecule has 1 unspecified atom stereocenters. The van der Waals surface area contributed by atoms with Crippen LogP contribution in [0.2, 0.25) is 5.02 Å². The number of benzene rings is 1. The molecule has 0 radical (unpaired) electrons. The zero-order chi connectivity index (χ0) is 19.6. The number of rotatable bonds is 8. The molecule has 0 aliphatic heterocycles. The summed E-state index contributed by atoms with van der Waals surface area (Å²) in [5, 5.41) is 0.742. The summed E-state index contributed by atoms with van der Waals surface area (Å²) in [6, 6.07) is 7.47. The largest absolute Gasteiger partial charge is 0.462 e. The fourth-order valence-corrected chi connectivity index (χ4v) is 2.77. The van der Waals surface area contributed by atoms with E-state index in [1.165, 1.54) is 24.8 Å². The lowest BCUT2D eigenvalue weighted by Gasteiger charge is -2.19. The summed E-state index contributed by atoms with van der Waals surface area (Å²) in [6.45, 7) is 7.82. The van der Waals surface area contributed by atoms with E-state index in [2.05, 4.69) is 0 Å². The molecule has 0 amide bonds. The van der Waals surface area contributed by atoms with Crippen molar-refractivity contribution >= 4 is 11.6 Å². The lowest BCUT2D eigenvalue weighted by Crippen LogP contribution is -2.19. The summed E-state index contributed by atoms with van der Waals surface area (Å²) >= 11 is 5.78. The number of hydrogen-bond donors (Lipinski definition) is 0. The van der Waals surface area contributed by atoms with Gasteiger partial charge < -0.3 is 4.74 Å². The molecule has 0 aromatic heterocycles. The van der Waals surface area contributed by atoms with E-state index >= 15 is 0 Å². The van der Waals surface area contributed by atoms with Crippen molar-refractivity contribution in [1.82, 2.24) is 0 Å². The van der Waals surface area contributed by atoms with Crippen molar-refractivity contribution in [3.05, 3.63) is 40.6 Å². The molecule has 1 aromatic carbocycles. The van der Waals surface area contributed by atoms with Crippen LogP contribution in [0.4, 0.5) is 8.78 Å². The molecule has 0 saturated heterocycles. The highest BCUT2D eigenvalue weighted by molar-refractivity contribution is 6.30. The van der Waals surface area contributed by atoms with Crippen molar-refractivity contribution in [3.8, 4) is 5.75 Å². The van der Waals surface area contributed by atoms with Crippen LogP contribution < -0.4 is 4.74 Å². The lowest BCUT2D eigenvalue weighted by atomic mass is 9.91. The summed E-state index contributed by atoms with van der Waals surface area (Å²) in [5.74, 6) is -0.354. The van der Waals surface area contributed by atoms with E-state index in [9.17, 15) is 8.78 Å². The Morgan fingerprint density at radius 1 is 1.19 bits per heavy atom. The maximum absolute atomic E-state index is 13.0. The molecule has 1 atom stereocenters. The summed E-state index contributed by atoms with van der Waals surface area (Å²) in [6.07, 6.45) is 6.16. The fraction of sp³-hybridized carbons (Fsp3) is 0.636. The molecule has 2 rings (SSSR count). The van der Waals surface area contributed by atoms with Gasteiger partial charge in [0.15, 0.2) is 0 Å². The molecule has 1 nitrogen and oxygen atoms in total. The quantitative estimate of drug-likeness (QED) is 0.407. The molecular weight excluding hydrogens is 354 g/mol. The molecular formula is C22H33ClF2O. The number of alkyl halides is 2. The van der Waals surface area contributed by atoms with Crippen molar-refractivity contribution in [2.75, 3.05) is 0 Å². The number of ether oxygens (including phenoxy) is 1. The molecule has 1 aliphatic carbocycles. The molecule has 4 heteroatoms. The molecule has 1 aromatic rings. The van der Waals surface area contributed by atoms with Gasteiger partial charge in [-0.25, -0.2) is 8.78 Å². The lowest BCUT2D eigenvalue weighted by molar-refractivity contribution is -0.0310. The van der Waals surface area contributed by atoms with Gasteiger partial charge in [0, 0.05) is 17.9 Å². The van der Waals surface area contributed by atoms with Gasteiger partial charge in [-0.3, -0.25) is 0 Å². The average molecular weight is 387 g/mol. The van der Waals surface area contributed by atoms with E-state index in [0.29, 0.717) is 6.42 Å². The molecule has 1 aliphatic rings. The third-order valence-electron chi connectivity index (χ3n) is 4.78. The van der Waals surface area contributed by atoms with E-state index in [1.807, 2.05) is 52.0 Å². The zero-order valence-corrected chi connectivity index (χ0v) is 17.3. The third-order valence-corrected chi connectivity index (χ3v) is 5.03. The van der Waals surface area contributed by atoms with Crippen molar-refractivity contribution in [1.29, 1.82) is 0 Å². The van der Waals surface area contributed by atoms with Gasteiger partial charge in [-0.05, 0) is 68.4 Å². The first-order valence-corrected chi connectivity index (χ1v) is 10.1. The first-order chi connectivity index (χ1) is 12.3. The van der Waals surface area contributed by atoms with Gasteiger partial charge in [0.05, 0.1) is 0 Å². The first kappa shape index (κ1) is 23.0. The van der Waals surface area contributed by atoms with Crippen molar-refractivity contribution in [3.63, 3.8) is 0 Å². The third kappa shape index (κ3) is 9.02. The van der Waals surface area contributed by atoms with Crippen molar-refractivity contribution < 1.29 is 13.5 Å². The maximum Gasteiger partial charge on any atom is 0.248 e. The summed E-state index contributed by atoms with van der Waals surface area (Å²) in [5.41, 5.74) is 1.44. The van der Waals surface area contributed by atoms with Crippen LogP contribution in [-0.2, 0) is 0 Å². The molecule has 148 valence electrons. The van der Waals surface area contributed by atoms with E-state index < -0.39 is 5.92 Å². The number of unbranched alkanes of at least 4 members (excludes halogenated alkanes) is 1. The van der Waals surface area contributed by atoms with Gasteiger partial charge in [-0.1, -0.05) is 45.2 Å². The van der Waals surface area contributed by atoms with Gasteiger partial charge in [0.1, 0.15) is 11.5 Å². The SMILES string of the molecule is CC(Oc1ccc(Cl)cc1)=C1CCC1.CCCCC(F)(F)CC(C)CC. The first-order valence-electron chi connectivity index (χ1n) is 9.77. The number of hydrogen-bond acceptors (Lipinski definition) is 1. The minimum Gasteiger partial charge on any atom is -0.462 e.